The first-order valence-electron chi connectivity index (χ1n) is 7.27. The van der Waals surface area contributed by atoms with Crippen molar-refractivity contribution in [2.24, 2.45) is 0 Å². The van der Waals surface area contributed by atoms with Gasteiger partial charge in [-0.1, -0.05) is 0 Å². The van der Waals surface area contributed by atoms with Gasteiger partial charge in [0.1, 0.15) is 12.6 Å². The van der Waals surface area contributed by atoms with Crippen LogP contribution in [0, 0.1) is 0 Å². The number of imidazole rings is 1. The molecular formula is C13H14F3N5O4. The van der Waals surface area contributed by atoms with E-state index in [1.807, 2.05) is 0 Å². The van der Waals surface area contributed by atoms with Gasteiger partial charge in [-0.15, -0.1) is 0 Å². The molecule has 0 radical (unpaired) electrons. The molecule has 136 valence electrons. The number of likely N-dealkylation sites (tertiary alicyclic amines) is 1. The number of carbonyl (C=O) groups is 3. The van der Waals surface area contributed by atoms with E-state index < -0.39 is 36.7 Å². The fraction of sp³-hybridized carbons (Fsp3) is 0.538. The third-order valence-corrected chi connectivity index (χ3v) is 4.05. The number of hydrogen-bond donors (Lipinski definition) is 1. The maximum absolute atomic E-state index is 12.5. The third-order valence-electron chi connectivity index (χ3n) is 4.05. The molecule has 2 fully saturated rings. The van der Waals surface area contributed by atoms with E-state index >= 15 is 0 Å². The fourth-order valence-electron chi connectivity index (χ4n) is 2.81. The number of hydrogen-bond acceptors (Lipinski definition) is 5. The Kier molecular flexibility index (Phi) is 4.05. The quantitative estimate of drug-likeness (QED) is 0.751. The van der Waals surface area contributed by atoms with Crippen LogP contribution < -0.4 is 5.32 Å². The second-order valence-electron chi connectivity index (χ2n) is 5.76. The Morgan fingerprint density at radius 1 is 1.40 bits per heavy atom. The summed E-state index contributed by atoms with van der Waals surface area (Å²) in [5.41, 5.74) is 0. The van der Waals surface area contributed by atoms with Crippen LogP contribution in [-0.2, 0) is 20.9 Å². The van der Waals surface area contributed by atoms with Crippen LogP contribution in [0.3, 0.4) is 0 Å². The van der Waals surface area contributed by atoms with Gasteiger partial charge < -0.3 is 19.1 Å². The Morgan fingerprint density at radius 3 is 2.76 bits per heavy atom. The number of alkyl halides is 3. The molecule has 25 heavy (non-hydrogen) atoms. The van der Waals surface area contributed by atoms with Crippen molar-refractivity contribution in [3.8, 4) is 0 Å². The van der Waals surface area contributed by atoms with E-state index in [9.17, 15) is 27.6 Å². The highest BCUT2D eigenvalue weighted by Gasteiger charge is 2.48. The number of halogens is 3. The molecule has 0 aromatic carbocycles. The van der Waals surface area contributed by atoms with Crippen LogP contribution >= 0.6 is 0 Å². The molecule has 0 spiro atoms. The maximum atomic E-state index is 12.5. The number of fused-ring (bicyclic) bond motifs is 1. The maximum Gasteiger partial charge on any atom is 0.410 e. The molecule has 9 nitrogen and oxygen atoms in total. The zero-order valence-corrected chi connectivity index (χ0v) is 13.0. The molecule has 2 atom stereocenters. The average Bonchev–Trinajstić information content (AvgIpc) is 3.17. The largest absolute Gasteiger partial charge is 0.442 e. The van der Waals surface area contributed by atoms with Crippen LogP contribution in [0.1, 0.15) is 0 Å². The van der Waals surface area contributed by atoms with Gasteiger partial charge in [0.2, 0.25) is 5.95 Å². The molecule has 3 amide bonds. The number of amides is 3. The number of aromatic nitrogens is 2. The molecule has 12 heteroatoms. The number of likely N-dealkylation sites (N-methyl/N-ethyl adjacent to an activating group) is 1. The van der Waals surface area contributed by atoms with Crippen molar-refractivity contribution in [3.05, 3.63) is 12.4 Å². The Hall–Kier alpha value is -2.79. The third kappa shape index (κ3) is 3.37. The summed E-state index contributed by atoms with van der Waals surface area (Å²) in [5.74, 6) is -2.41. The van der Waals surface area contributed by atoms with E-state index in [1.54, 1.807) is 0 Å². The van der Waals surface area contributed by atoms with Gasteiger partial charge in [0.25, 0.3) is 0 Å². The molecule has 3 heterocycles. The predicted molar refractivity (Wildman–Crippen MR) is 75.3 cm³/mol. The Balaban J connectivity index is 1.62. The summed E-state index contributed by atoms with van der Waals surface area (Å²) < 4.78 is 43.1. The molecule has 1 aromatic rings. The minimum absolute atomic E-state index is 0.0456. The molecule has 2 aliphatic rings. The predicted octanol–water partition coefficient (Wildman–Crippen LogP) is 0.0453. The van der Waals surface area contributed by atoms with Crippen molar-refractivity contribution in [3.63, 3.8) is 0 Å². The lowest BCUT2D eigenvalue weighted by Crippen LogP contribution is -2.42. The molecule has 1 aromatic heterocycles. The van der Waals surface area contributed by atoms with E-state index in [2.05, 4.69) is 10.3 Å². The van der Waals surface area contributed by atoms with Crippen LogP contribution in [0.4, 0.5) is 23.9 Å². The summed E-state index contributed by atoms with van der Waals surface area (Å²) in [6.45, 7) is -1.19. The molecule has 1 N–H and O–H groups in total. The summed E-state index contributed by atoms with van der Waals surface area (Å²) in [5, 5.41) is 2.08. The summed E-state index contributed by atoms with van der Waals surface area (Å²) >= 11 is 0. The number of nitrogens with zero attached hydrogens (tertiary/aromatic N) is 4. The van der Waals surface area contributed by atoms with Crippen LogP contribution in [0.2, 0.25) is 0 Å². The Labute approximate surface area is 139 Å². The van der Waals surface area contributed by atoms with Crippen molar-refractivity contribution in [1.82, 2.24) is 19.4 Å². The summed E-state index contributed by atoms with van der Waals surface area (Å²) in [7, 11) is 1.52. The molecule has 3 rings (SSSR count). The first-order chi connectivity index (χ1) is 11.7. The number of ether oxygens (including phenoxy) is 1. The number of anilines is 1. The van der Waals surface area contributed by atoms with Gasteiger partial charge in [0.05, 0.1) is 12.6 Å². The number of carbonyl (C=O) groups excluding carboxylic acids is 3. The molecular weight excluding hydrogens is 347 g/mol. The minimum Gasteiger partial charge on any atom is -0.442 e. The molecule has 0 unspecified atom stereocenters. The highest BCUT2D eigenvalue weighted by atomic mass is 19.4. The SMILES string of the molecule is CN1C(=O)O[C@H]2CN(C(=O)C(=O)Nc3nccn3CC(F)(F)F)C[C@H]21. The van der Waals surface area contributed by atoms with Gasteiger partial charge in [0.15, 0.2) is 0 Å². The standard InChI is InChI=1S/C13H14F3N5O4/c1-19-7-4-21(5-8(7)25-12(19)24)10(23)9(22)18-11-17-2-3-20(11)6-13(14,15)16/h2-3,7-8H,4-6H2,1H3,(H,17,18,22)/t7-,8+/m1/s1. The second kappa shape index (κ2) is 5.93. The second-order valence-corrected chi connectivity index (χ2v) is 5.76. The molecule has 2 saturated heterocycles. The molecule has 0 saturated carbocycles. The molecule has 0 bridgehead atoms. The zero-order valence-electron chi connectivity index (χ0n) is 13.0. The normalized spacial score (nSPS) is 22.8. The highest BCUT2D eigenvalue weighted by molar-refractivity contribution is 6.39. The van der Waals surface area contributed by atoms with E-state index in [4.69, 9.17) is 4.74 Å². The van der Waals surface area contributed by atoms with E-state index in [0.29, 0.717) is 4.57 Å². The lowest BCUT2D eigenvalue weighted by Gasteiger charge is -2.19. The fourth-order valence-corrected chi connectivity index (χ4v) is 2.81. The average molecular weight is 361 g/mol. The summed E-state index contributed by atoms with van der Waals surface area (Å²) in [6.07, 6.45) is -3.39. The van der Waals surface area contributed by atoms with Crippen molar-refractivity contribution < 1.29 is 32.3 Å². The number of rotatable bonds is 2. The van der Waals surface area contributed by atoms with Crippen molar-refractivity contribution in [1.29, 1.82) is 0 Å². The van der Waals surface area contributed by atoms with Gasteiger partial charge in [-0.3, -0.25) is 14.9 Å². The van der Waals surface area contributed by atoms with Crippen molar-refractivity contribution in [2.75, 3.05) is 25.5 Å². The lowest BCUT2D eigenvalue weighted by molar-refractivity contribution is -0.143. The zero-order chi connectivity index (χ0) is 18.4. The summed E-state index contributed by atoms with van der Waals surface area (Å²) in [6, 6.07) is -0.350. The van der Waals surface area contributed by atoms with Gasteiger partial charge in [-0.25, -0.2) is 9.78 Å². The van der Waals surface area contributed by atoms with Gasteiger partial charge in [-0.05, 0) is 0 Å². The van der Waals surface area contributed by atoms with Crippen LogP contribution in [0.25, 0.3) is 0 Å². The van der Waals surface area contributed by atoms with Crippen molar-refractivity contribution >= 4 is 23.9 Å². The van der Waals surface area contributed by atoms with Crippen LogP contribution in [-0.4, -0.2) is 75.7 Å². The first-order valence-corrected chi connectivity index (χ1v) is 7.27. The van der Waals surface area contributed by atoms with E-state index in [-0.39, 0.29) is 25.1 Å². The van der Waals surface area contributed by atoms with Crippen LogP contribution in [0.5, 0.6) is 0 Å². The molecule has 0 aliphatic carbocycles. The smallest absolute Gasteiger partial charge is 0.410 e. The van der Waals surface area contributed by atoms with E-state index in [0.717, 1.165) is 12.4 Å². The van der Waals surface area contributed by atoms with Gasteiger partial charge in [0, 0.05) is 26.0 Å². The highest BCUT2D eigenvalue weighted by Crippen LogP contribution is 2.25. The van der Waals surface area contributed by atoms with Gasteiger partial charge in [-0.2, -0.15) is 13.2 Å². The first kappa shape index (κ1) is 17.0. The lowest BCUT2D eigenvalue weighted by atomic mass is 10.2. The monoisotopic (exact) mass is 361 g/mol. The van der Waals surface area contributed by atoms with Gasteiger partial charge >= 0.3 is 24.1 Å². The number of nitrogens with one attached hydrogen (secondary N) is 1. The van der Waals surface area contributed by atoms with E-state index in [1.165, 1.54) is 16.8 Å². The van der Waals surface area contributed by atoms with Crippen molar-refractivity contribution in [2.45, 2.75) is 24.9 Å². The molecule has 2 aliphatic heterocycles. The topological polar surface area (TPSA) is 96.8 Å². The van der Waals surface area contributed by atoms with Crippen LogP contribution in [0.15, 0.2) is 12.4 Å². The Bertz CT molecular complexity index is 719. The minimum atomic E-state index is -4.49. The summed E-state index contributed by atoms with van der Waals surface area (Å²) in [4.78, 5) is 41.7. The Morgan fingerprint density at radius 2 is 2.12 bits per heavy atom.